The van der Waals surface area contributed by atoms with Crippen molar-refractivity contribution < 1.29 is 26.7 Å². The highest BCUT2D eigenvalue weighted by Gasteiger charge is 2.61. The number of aldehydes is 1. The molecule has 0 unspecified atom stereocenters. The molecular formula is C8H8F5N5O. The van der Waals surface area contributed by atoms with Gasteiger partial charge in [-0.05, 0) is 0 Å². The number of rotatable bonds is 4. The van der Waals surface area contributed by atoms with E-state index in [0.717, 1.165) is 7.05 Å². The first-order valence-electron chi connectivity index (χ1n) is 4.68. The van der Waals surface area contributed by atoms with Crippen LogP contribution in [0.2, 0.25) is 0 Å². The van der Waals surface area contributed by atoms with Crippen molar-refractivity contribution in [3.63, 3.8) is 0 Å². The van der Waals surface area contributed by atoms with Crippen molar-refractivity contribution in [3.05, 3.63) is 11.3 Å². The average Bonchev–Trinajstić information content (AvgIpc) is 2.62. The first-order valence-corrected chi connectivity index (χ1v) is 4.68. The van der Waals surface area contributed by atoms with Crippen molar-refractivity contribution in [1.82, 2.24) is 9.78 Å². The Morgan fingerprint density at radius 3 is 2.32 bits per heavy atom. The van der Waals surface area contributed by atoms with Crippen molar-refractivity contribution in [1.29, 1.82) is 0 Å². The van der Waals surface area contributed by atoms with Gasteiger partial charge in [0.15, 0.2) is 17.8 Å². The Bertz CT molecular complexity index is 506. The summed E-state index contributed by atoms with van der Waals surface area (Å²) in [7, 11) is 2.31. The van der Waals surface area contributed by atoms with Gasteiger partial charge in [0.2, 0.25) is 0 Å². The predicted octanol–water partition coefficient (Wildman–Crippen LogP) is 2.30. The number of anilines is 1. The van der Waals surface area contributed by atoms with Crippen LogP contribution < -0.4 is 5.43 Å². The summed E-state index contributed by atoms with van der Waals surface area (Å²) in [6, 6.07) is 0. The van der Waals surface area contributed by atoms with Gasteiger partial charge in [-0.1, -0.05) is 5.22 Å². The van der Waals surface area contributed by atoms with E-state index in [2.05, 4.69) is 20.9 Å². The summed E-state index contributed by atoms with van der Waals surface area (Å²) >= 11 is 0. The molecule has 1 heterocycles. The molecule has 0 aliphatic carbocycles. The number of nitrogens with one attached hydrogen (secondary N) is 1. The van der Waals surface area contributed by atoms with Crippen molar-refractivity contribution in [3.8, 4) is 0 Å². The van der Waals surface area contributed by atoms with E-state index in [-0.39, 0.29) is 6.29 Å². The van der Waals surface area contributed by atoms with Gasteiger partial charge >= 0.3 is 12.1 Å². The van der Waals surface area contributed by atoms with Gasteiger partial charge in [-0.2, -0.15) is 32.2 Å². The number of aryl methyl sites for hydroxylation is 1. The number of hydrogen-bond donors (Lipinski definition) is 1. The quantitative estimate of drug-likeness (QED) is 0.399. The molecule has 0 fully saturated rings. The first-order chi connectivity index (χ1) is 8.66. The lowest BCUT2D eigenvalue weighted by Gasteiger charge is -2.17. The molecule has 0 atom stereocenters. The zero-order chi connectivity index (χ0) is 14.8. The summed E-state index contributed by atoms with van der Waals surface area (Å²) in [6.07, 6.45) is -6.02. The fraction of sp³-hybridized carbons (Fsp3) is 0.500. The summed E-state index contributed by atoms with van der Waals surface area (Å²) in [5, 5.41) is 9.44. The second-order valence-corrected chi connectivity index (χ2v) is 3.34. The number of aromatic nitrogens is 2. The number of hydrogen-bond acceptors (Lipinski definition) is 4. The van der Waals surface area contributed by atoms with Gasteiger partial charge in [-0.25, -0.2) is 5.43 Å². The SMILES string of the molecule is CN=NNc1c(C=O)c(C(F)(F)C(F)(F)F)nn1C. The van der Waals surface area contributed by atoms with Crippen LogP contribution in [0.1, 0.15) is 16.1 Å². The van der Waals surface area contributed by atoms with Gasteiger partial charge in [0.05, 0.1) is 12.6 Å². The zero-order valence-electron chi connectivity index (χ0n) is 9.66. The molecular weight excluding hydrogens is 277 g/mol. The minimum Gasteiger partial charge on any atom is -0.298 e. The molecule has 1 aromatic rings. The van der Waals surface area contributed by atoms with Gasteiger partial charge in [0.1, 0.15) is 0 Å². The highest BCUT2D eigenvalue weighted by Crippen LogP contribution is 2.45. The third-order valence-corrected chi connectivity index (χ3v) is 2.11. The second kappa shape index (κ2) is 4.90. The van der Waals surface area contributed by atoms with Crippen LogP contribution in [-0.4, -0.2) is 29.3 Å². The summed E-state index contributed by atoms with van der Waals surface area (Å²) in [4.78, 5) is 10.7. The Balaban J connectivity index is 3.42. The number of carbonyl (C=O) groups is 1. The minimum atomic E-state index is -5.86. The molecule has 1 rings (SSSR count). The Labute approximate surface area is 103 Å². The maximum Gasteiger partial charge on any atom is 0.459 e. The molecule has 1 N–H and O–H groups in total. The van der Waals surface area contributed by atoms with E-state index in [1.54, 1.807) is 0 Å². The highest BCUT2D eigenvalue weighted by molar-refractivity contribution is 5.84. The van der Waals surface area contributed by atoms with Gasteiger partial charge in [-0.15, -0.1) is 0 Å². The van der Waals surface area contributed by atoms with Gasteiger partial charge < -0.3 is 0 Å². The summed E-state index contributed by atoms with van der Waals surface area (Å²) in [5.74, 6) is -5.66. The third kappa shape index (κ3) is 2.53. The summed E-state index contributed by atoms with van der Waals surface area (Å²) in [6.45, 7) is 0. The molecule has 0 aromatic carbocycles. The van der Waals surface area contributed by atoms with Gasteiger partial charge in [-0.3, -0.25) is 9.48 Å². The zero-order valence-corrected chi connectivity index (χ0v) is 9.66. The first kappa shape index (κ1) is 15.0. The van der Waals surface area contributed by atoms with E-state index in [0.29, 0.717) is 4.68 Å². The van der Waals surface area contributed by atoms with E-state index in [9.17, 15) is 26.7 Å². The largest absolute Gasteiger partial charge is 0.459 e. The van der Waals surface area contributed by atoms with E-state index >= 15 is 0 Å². The molecule has 0 amide bonds. The molecule has 6 nitrogen and oxygen atoms in total. The van der Waals surface area contributed by atoms with Gasteiger partial charge in [0, 0.05) is 7.05 Å². The van der Waals surface area contributed by atoms with E-state index in [4.69, 9.17) is 0 Å². The molecule has 19 heavy (non-hydrogen) atoms. The Kier molecular flexibility index (Phi) is 3.86. The molecule has 0 spiro atoms. The molecule has 0 bridgehead atoms. The van der Waals surface area contributed by atoms with Crippen LogP contribution in [0.3, 0.4) is 0 Å². The summed E-state index contributed by atoms with van der Waals surface area (Å²) in [5.41, 5.74) is -0.569. The number of halogens is 5. The van der Waals surface area contributed by atoms with Crippen LogP contribution >= 0.6 is 0 Å². The topological polar surface area (TPSA) is 71.6 Å². The molecule has 0 saturated carbocycles. The average molecular weight is 285 g/mol. The molecule has 0 aliphatic rings. The maximum absolute atomic E-state index is 13.2. The lowest BCUT2D eigenvalue weighted by atomic mass is 10.1. The summed E-state index contributed by atoms with van der Waals surface area (Å²) < 4.78 is 63.8. The third-order valence-electron chi connectivity index (χ3n) is 2.11. The lowest BCUT2D eigenvalue weighted by molar-refractivity contribution is -0.291. The highest BCUT2D eigenvalue weighted by atomic mass is 19.4. The van der Waals surface area contributed by atoms with Crippen LogP contribution in [0.5, 0.6) is 0 Å². The maximum atomic E-state index is 13.2. The smallest absolute Gasteiger partial charge is 0.298 e. The fourth-order valence-electron chi connectivity index (χ4n) is 1.25. The van der Waals surface area contributed by atoms with Crippen molar-refractivity contribution in [2.24, 2.45) is 17.4 Å². The van der Waals surface area contributed by atoms with Crippen LogP contribution in [-0.2, 0) is 13.0 Å². The van der Waals surface area contributed by atoms with Crippen molar-refractivity contribution >= 4 is 12.1 Å². The van der Waals surface area contributed by atoms with Crippen LogP contribution in [0.25, 0.3) is 0 Å². The Hall–Kier alpha value is -2.07. The van der Waals surface area contributed by atoms with Gasteiger partial charge in [0.25, 0.3) is 0 Å². The monoisotopic (exact) mass is 285 g/mol. The molecule has 1 aromatic heterocycles. The predicted molar refractivity (Wildman–Crippen MR) is 52.9 cm³/mol. The van der Waals surface area contributed by atoms with E-state index < -0.39 is 29.2 Å². The molecule has 11 heteroatoms. The van der Waals surface area contributed by atoms with E-state index in [1.165, 1.54) is 7.05 Å². The van der Waals surface area contributed by atoms with Crippen LogP contribution in [0.15, 0.2) is 10.3 Å². The fourth-order valence-corrected chi connectivity index (χ4v) is 1.25. The van der Waals surface area contributed by atoms with E-state index in [1.807, 2.05) is 0 Å². The van der Waals surface area contributed by atoms with Crippen molar-refractivity contribution in [2.75, 3.05) is 12.5 Å². The number of carbonyl (C=O) groups excluding carboxylic acids is 1. The number of nitrogens with zero attached hydrogens (tertiary/aromatic N) is 4. The molecule has 0 radical (unpaired) electrons. The minimum absolute atomic E-state index is 0.157. The molecule has 0 aliphatic heterocycles. The normalized spacial score (nSPS) is 13.0. The lowest BCUT2D eigenvalue weighted by Crippen LogP contribution is -2.35. The standard InChI is InChI=1S/C8H8F5N5O/c1-14-17-15-6-4(3-19)5(16-18(6)2)7(9,10)8(11,12)13/h3H,1-2H3,(H,14,15). The Morgan fingerprint density at radius 2 is 1.89 bits per heavy atom. The van der Waals surface area contributed by atoms with Crippen molar-refractivity contribution in [2.45, 2.75) is 12.1 Å². The molecule has 0 saturated heterocycles. The molecule has 106 valence electrons. The number of alkyl halides is 5. The van der Waals surface area contributed by atoms with Crippen LogP contribution in [0, 0.1) is 0 Å². The Morgan fingerprint density at radius 1 is 1.32 bits per heavy atom. The van der Waals surface area contributed by atoms with Crippen LogP contribution in [0.4, 0.5) is 27.8 Å². The second-order valence-electron chi connectivity index (χ2n) is 3.34.